The van der Waals surface area contributed by atoms with E-state index < -0.39 is 47.9 Å². The normalized spacial score (nSPS) is 17.1. The van der Waals surface area contributed by atoms with Crippen molar-refractivity contribution in [3.8, 4) is 0 Å². The Labute approximate surface area is 226 Å². The van der Waals surface area contributed by atoms with Crippen LogP contribution in [0.4, 0.5) is 0 Å². The molecule has 16 heteroatoms. The summed E-state index contributed by atoms with van der Waals surface area (Å²) in [5, 5.41) is 14.9. The average Bonchev–Trinajstić information content (AvgIpc) is 3.35. The number of guanidine groups is 2. The van der Waals surface area contributed by atoms with Crippen molar-refractivity contribution in [2.45, 2.75) is 69.1 Å². The standard InChI is InChI=1S/C22H42N10O5S/c1-38-12-8-15(19(35)32-11-4-7-16(32)20(36)37)31-18(34)14(6-3-10-29-22(26)27)30-17(33)13(23)5-2-9-28-21(24)25/h13-16H,2-12,23H2,1H3,(H,30,33)(H,31,34)(H,36,37)(H4,24,25,28)(H4,26,27,29). The number of carboxylic acids is 1. The summed E-state index contributed by atoms with van der Waals surface area (Å²) in [7, 11) is 0. The molecule has 1 aliphatic heterocycles. The maximum absolute atomic E-state index is 13.3. The number of carbonyl (C=O) groups is 4. The van der Waals surface area contributed by atoms with Gasteiger partial charge < -0.3 is 49.3 Å². The summed E-state index contributed by atoms with van der Waals surface area (Å²) >= 11 is 1.49. The fourth-order valence-corrected chi connectivity index (χ4v) is 4.43. The van der Waals surface area contributed by atoms with Crippen LogP contribution >= 0.6 is 11.8 Å². The van der Waals surface area contributed by atoms with Gasteiger partial charge >= 0.3 is 5.97 Å². The van der Waals surface area contributed by atoms with E-state index in [9.17, 15) is 24.3 Å². The van der Waals surface area contributed by atoms with Gasteiger partial charge in [-0.05, 0) is 57.0 Å². The molecule has 0 aromatic heterocycles. The molecule has 4 unspecified atom stereocenters. The minimum absolute atomic E-state index is 0.0605. The molecule has 3 amide bonds. The quantitative estimate of drug-likeness (QED) is 0.0513. The minimum Gasteiger partial charge on any atom is -0.480 e. The second kappa shape index (κ2) is 17.3. The van der Waals surface area contributed by atoms with Crippen LogP contribution in [0.1, 0.15) is 44.9 Å². The summed E-state index contributed by atoms with van der Waals surface area (Å²) in [5.41, 5.74) is 27.3. The van der Waals surface area contributed by atoms with E-state index in [1.165, 1.54) is 16.7 Å². The first-order valence-corrected chi connectivity index (χ1v) is 13.9. The van der Waals surface area contributed by atoms with E-state index in [4.69, 9.17) is 28.7 Å². The van der Waals surface area contributed by atoms with Crippen molar-refractivity contribution in [3.63, 3.8) is 0 Å². The van der Waals surface area contributed by atoms with Gasteiger partial charge in [0, 0.05) is 19.6 Å². The molecule has 1 aliphatic rings. The Bertz CT molecular complexity index is 863. The van der Waals surface area contributed by atoms with Crippen LogP contribution in [0.25, 0.3) is 0 Å². The van der Waals surface area contributed by atoms with E-state index >= 15 is 0 Å². The number of rotatable bonds is 17. The smallest absolute Gasteiger partial charge is 0.326 e. The monoisotopic (exact) mass is 558 g/mol. The summed E-state index contributed by atoms with van der Waals surface area (Å²) in [5.74, 6) is -2.27. The predicted molar refractivity (Wildman–Crippen MR) is 147 cm³/mol. The Hall–Kier alpha value is -3.27. The molecule has 0 aromatic rings. The predicted octanol–water partition coefficient (Wildman–Crippen LogP) is -2.78. The van der Waals surface area contributed by atoms with Gasteiger partial charge in [0.2, 0.25) is 17.7 Å². The lowest BCUT2D eigenvalue weighted by molar-refractivity contribution is -0.149. The molecule has 15 nitrogen and oxygen atoms in total. The first-order chi connectivity index (χ1) is 18.0. The third kappa shape index (κ3) is 11.9. The molecular weight excluding hydrogens is 516 g/mol. The van der Waals surface area contributed by atoms with Gasteiger partial charge in [-0.25, -0.2) is 4.79 Å². The number of amides is 3. The summed E-state index contributed by atoms with van der Waals surface area (Å²) in [6.07, 6.45) is 4.37. The van der Waals surface area contributed by atoms with Crippen LogP contribution in [0.15, 0.2) is 9.98 Å². The Kier molecular flexibility index (Phi) is 14.9. The number of nitrogens with one attached hydrogen (secondary N) is 2. The fourth-order valence-electron chi connectivity index (χ4n) is 3.95. The van der Waals surface area contributed by atoms with Gasteiger partial charge in [0.1, 0.15) is 18.1 Å². The molecule has 1 rings (SSSR count). The Morgan fingerprint density at radius 1 is 0.947 bits per heavy atom. The third-order valence-electron chi connectivity index (χ3n) is 5.93. The first kappa shape index (κ1) is 32.8. The molecule has 38 heavy (non-hydrogen) atoms. The number of aliphatic imine (C=N–C) groups is 2. The molecule has 1 saturated heterocycles. The molecule has 0 spiro atoms. The highest BCUT2D eigenvalue weighted by Gasteiger charge is 2.38. The van der Waals surface area contributed by atoms with Crippen LogP contribution in [0.3, 0.4) is 0 Å². The van der Waals surface area contributed by atoms with Crippen molar-refractivity contribution < 1.29 is 24.3 Å². The Morgan fingerprint density at radius 3 is 2.08 bits per heavy atom. The number of carbonyl (C=O) groups excluding carboxylic acids is 3. The zero-order valence-electron chi connectivity index (χ0n) is 21.8. The number of nitrogens with zero attached hydrogens (tertiary/aromatic N) is 3. The SMILES string of the molecule is CSCCC(NC(=O)C(CCCN=C(N)N)NC(=O)C(N)CCCN=C(N)N)C(=O)N1CCCC1C(=O)O. The molecule has 0 aliphatic carbocycles. The number of thioether (sulfide) groups is 1. The number of likely N-dealkylation sites (tertiary alicyclic amines) is 1. The molecule has 0 radical (unpaired) electrons. The van der Waals surface area contributed by atoms with Crippen LogP contribution < -0.4 is 39.3 Å². The molecule has 0 saturated carbocycles. The van der Waals surface area contributed by atoms with Gasteiger partial charge in [0.15, 0.2) is 11.9 Å². The van der Waals surface area contributed by atoms with E-state index in [2.05, 4.69) is 20.6 Å². The van der Waals surface area contributed by atoms with Crippen LogP contribution in [0.2, 0.25) is 0 Å². The maximum Gasteiger partial charge on any atom is 0.326 e. The molecule has 216 valence electrons. The third-order valence-corrected chi connectivity index (χ3v) is 6.57. The second-order valence-corrected chi connectivity index (χ2v) is 9.92. The largest absolute Gasteiger partial charge is 0.480 e. The first-order valence-electron chi connectivity index (χ1n) is 12.5. The van der Waals surface area contributed by atoms with Gasteiger partial charge in [-0.2, -0.15) is 11.8 Å². The number of aliphatic carboxylic acids is 1. The Balaban J connectivity index is 2.95. The van der Waals surface area contributed by atoms with Gasteiger partial charge in [-0.1, -0.05) is 0 Å². The van der Waals surface area contributed by atoms with Crippen molar-refractivity contribution in [2.24, 2.45) is 38.7 Å². The Morgan fingerprint density at radius 2 is 1.53 bits per heavy atom. The number of nitrogens with two attached hydrogens (primary N) is 5. The number of hydrogen-bond acceptors (Lipinski definition) is 8. The van der Waals surface area contributed by atoms with Crippen LogP contribution in [-0.2, 0) is 19.2 Å². The second-order valence-electron chi connectivity index (χ2n) is 8.94. The van der Waals surface area contributed by atoms with E-state index in [0.29, 0.717) is 50.9 Å². The van der Waals surface area contributed by atoms with Crippen LogP contribution in [0, 0.1) is 0 Å². The summed E-state index contributed by atoms with van der Waals surface area (Å²) in [4.78, 5) is 59.9. The van der Waals surface area contributed by atoms with Gasteiger partial charge in [0.25, 0.3) is 0 Å². The lowest BCUT2D eigenvalue weighted by Gasteiger charge is -2.29. The lowest BCUT2D eigenvalue weighted by Crippen LogP contribution is -2.57. The highest BCUT2D eigenvalue weighted by atomic mass is 32.2. The average molecular weight is 559 g/mol. The number of hydrogen-bond donors (Lipinski definition) is 8. The van der Waals surface area contributed by atoms with E-state index in [0.717, 1.165) is 0 Å². The molecule has 4 atom stereocenters. The molecule has 0 aromatic carbocycles. The molecule has 1 heterocycles. The van der Waals surface area contributed by atoms with Crippen molar-refractivity contribution in [1.82, 2.24) is 15.5 Å². The van der Waals surface area contributed by atoms with E-state index in [1.54, 1.807) is 0 Å². The van der Waals surface area contributed by atoms with Crippen molar-refractivity contribution in [3.05, 3.63) is 0 Å². The summed E-state index contributed by atoms with van der Waals surface area (Å²) in [6, 6.07) is -3.80. The van der Waals surface area contributed by atoms with Gasteiger partial charge in [-0.3, -0.25) is 24.4 Å². The van der Waals surface area contributed by atoms with Crippen molar-refractivity contribution in [2.75, 3.05) is 31.6 Å². The van der Waals surface area contributed by atoms with Crippen molar-refractivity contribution in [1.29, 1.82) is 0 Å². The summed E-state index contributed by atoms with van der Waals surface area (Å²) in [6.45, 7) is 0.836. The molecule has 1 fully saturated rings. The lowest BCUT2D eigenvalue weighted by atomic mass is 10.1. The van der Waals surface area contributed by atoms with Crippen LogP contribution in [0.5, 0.6) is 0 Å². The topological polar surface area (TPSA) is 271 Å². The molecular formula is C22H42N10O5S. The molecule has 0 bridgehead atoms. The fraction of sp³-hybridized carbons (Fsp3) is 0.727. The van der Waals surface area contributed by atoms with E-state index in [-0.39, 0.29) is 31.3 Å². The minimum atomic E-state index is -1.08. The molecule has 13 N–H and O–H groups in total. The van der Waals surface area contributed by atoms with Gasteiger partial charge in [-0.15, -0.1) is 0 Å². The highest BCUT2D eigenvalue weighted by Crippen LogP contribution is 2.20. The van der Waals surface area contributed by atoms with Gasteiger partial charge in [0.05, 0.1) is 6.04 Å². The summed E-state index contributed by atoms with van der Waals surface area (Å²) < 4.78 is 0. The van der Waals surface area contributed by atoms with Crippen molar-refractivity contribution >= 4 is 47.4 Å². The zero-order chi connectivity index (χ0) is 28.7. The highest BCUT2D eigenvalue weighted by molar-refractivity contribution is 7.98. The zero-order valence-corrected chi connectivity index (χ0v) is 22.6. The number of carboxylic acid groups (broad SMARTS) is 1. The maximum atomic E-state index is 13.3. The van der Waals surface area contributed by atoms with Crippen LogP contribution in [-0.4, -0.2) is 101 Å². The van der Waals surface area contributed by atoms with E-state index in [1.807, 2.05) is 6.26 Å².